The zero-order chi connectivity index (χ0) is 17.8. The molecule has 25 heavy (non-hydrogen) atoms. The lowest BCUT2D eigenvalue weighted by molar-refractivity contribution is 0.0584. The quantitative estimate of drug-likeness (QED) is 0.789. The third-order valence-electron chi connectivity index (χ3n) is 4.34. The molecule has 8 nitrogen and oxygen atoms in total. The zero-order valence-corrected chi connectivity index (χ0v) is 14.9. The minimum absolute atomic E-state index is 0.0484. The van der Waals surface area contributed by atoms with E-state index in [4.69, 9.17) is 13.7 Å². The van der Waals surface area contributed by atoms with Gasteiger partial charge in [-0.2, -0.15) is 4.98 Å². The molecule has 0 radical (unpaired) electrons. The molecule has 8 heteroatoms. The number of ether oxygens (including phenoxy) is 1. The molecular formula is C17H24N4O4. The summed E-state index contributed by atoms with van der Waals surface area (Å²) in [6.45, 7) is 9.70. The molecule has 136 valence electrons. The van der Waals surface area contributed by atoms with Crippen molar-refractivity contribution in [2.24, 2.45) is 0 Å². The molecule has 0 saturated carbocycles. The first-order chi connectivity index (χ1) is 12.1. The highest BCUT2D eigenvalue weighted by Crippen LogP contribution is 2.16. The van der Waals surface area contributed by atoms with Crippen LogP contribution in [0.4, 0.5) is 0 Å². The van der Waals surface area contributed by atoms with Gasteiger partial charge in [0.05, 0.1) is 12.8 Å². The van der Waals surface area contributed by atoms with Crippen molar-refractivity contribution < 1.29 is 18.5 Å². The second kappa shape index (κ2) is 7.79. The standard InChI is InChI=1S/C17H24N4O4/c1-4-23-13(3)16-18-14(25-19-16)11-20-6-8-21(9-7-20)17(22)15-12(2)5-10-24-15/h5,10,13H,4,6-9,11H2,1-3H3/t13-/m1/s1. The molecule has 1 atom stereocenters. The average molecular weight is 348 g/mol. The number of aromatic nitrogens is 2. The Morgan fingerprint density at radius 3 is 2.76 bits per heavy atom. The zero-order valence-electron chi connectivity index (χ0n) is 14.9. The van der Waals surface area contributed by atoms with Crippen LogP contribution in [0.1, 0.15) is 47.8 Å². The first-order valence-electron chi connectivity index (χ1n) is 8.58. The number of amides is 1. The molecule has 1 saturated heterocycles. The Balaban J connectivity index is 1.51. The van der Waals surface area contributed by atoms with E-state index in [1.807, 2.05) is 25.7 Å². The lowest BCUT2D eigenvalue weighted by Gasteiger charge is -2.33. The summed E-state index contributed by atoms with van der Waals surface area (Å²) in [5.74, 6) is 1.52. The van der Waals surface area contributed by atoms with Gasteiger partial charge in [-0.15, -0.1) is 0 Å². The topological polar surface area (TPSA) is 84.8 Å². The Labute approximate surface area is 146 Å². The number of hydrogen-bond donors (Lipinski definition) is 0. The van der Waals surface area contributed by atoms with Gasteiger partial charge in [-0.05, 0) is 26.8 Å². The minimum atomic E-state index is -0.173. The van der Waals surface area contributed by atoms with Crippen molar-refractivity contribution in [3.05, 3.63) is 35.4 Å². The van der Waals surface area contributed by atoms with Crippen molar-refractivity contribution in [1.82, 2.24) is 19.9 Å². The van der Waals surface area contributed by atoms with E-state index in [2.05, 4.69) is 15.0 Å². The minimum Gasteiger partial charge on any atom is -0.459 e. The maximum absolute atomic E-state index is 12.4. The van der Waals surface area contributed by atoms with Crippen LogP contribution >= 0.6 is 0 Å². The average Bonchev–Trinajstić information content (AvgIpc) is 3.24. The third kappa shape index (κ3) is 4.08. The second-order valence-electron chi connectivity index (χ2n) is 6.14. The normalized spacial score (nSPS) is 17.0. The Morgan fingerprint density at radius 1 is 1.36 bits per heavy atom. The summed E-state index contributed by atoms with van der Waals surface area (Å²) in [6, 6.07) is 1.81. The van der Waals surface area contributed by atoms with E-state index in [9.17, 15) is 4.79 Å². The number of hydrogen-bond acceptors (Lipinski definition) is 7. The van der Waals surface area contributed by atoms with Crippen molar-refractivity contribution in [3.8, 4) is 0 Å². The molecule has 1 amide bonds. The number of rotatable bonds is 6. The predicted molar refractivity (Wildman–Crippen MR) is 89.0 cm³/mol. The highest BCUT2D eigenvalue weighted by molar-refractivity contribution is 5.92. The van der Waals surface area contributed by atoms with Gasteiger partial charge in [0.15, 0.2) is 11.6 Å². The molecular weight excluding hydrogens is 324 g/mol. The van der Waals surface area contributed by atoms with Gasteiger partial charge in [-0.1, -0.05) is 5.16 Å². The van der Waals surface area contributed by atoms with Crippen molar-refractivity contribution >= 4 is 5.91 Å². The van der Waals surface area contributed by atoms with Crippen molar-refractivity contribution in [2.75, 3.05) is 32.8 Å². The molecule has 2 aromatic heterocycles. The van der Waals surface area contributed by atoms with Crippen LogP contribution in [-0.4, -0.2) is 58.6 Å². The molecule has 0 N–H and O–H groups in total. The van der Waals surface area contributed by atoms with Gasteiger partial charge in [0.2, 0.25) is 5.89 Å². The van der Waals surface area contributed by atoms with Crippen LogP contribution in [0.2, 0.25) is 0 Å². The third-order valence-corrected chi connectivity index (χ3v) is 4.34. The van der Waals surface area contributed by atoms with Crippen LogP contribution < -0.4 is 0 Å². The number of piperazine rings is 1. The number of carbonyl (C=O) groups excluding carboxylic acids is 1. The van der Waals surface area contributed by atoms with Crippen LogP contribution in [0, 0.1) is 6.92 Å². The van der Waals surface area contributed by atoms with E-state index < -0.39 is 0 Å². The molecule has 0 unspecified atom stereocenters. The number of nitrogens with zero attached hydrogens (tertiary/aromatic N) is 4. The molecule has 0 bridgehead atoms. The molecule has 1 aliphatic rings. The lowest BCUT2D eigenvalue weighted by atomic mass is 10.2. The maximum Gasteiger partial charge on any atom is 0.289 e. The summed E-state index contributed by atoms with van der Waals surface area (Å²) < 4.78 is 16.1. The molecule has 1 aliphatic heterocycles. The van der Waals surface area contributed by atoms with Gasteiger partial charge in [0, 0.05) is 38.3 Å². The summed E-state index contributed by atoms with van der Waals surface area (Å²) in [5, 5.41) is 3.97. The van der Waals surface area contributed by atoms with Gasteiger partial charge in [-0.25, -0.2) is 0 Å². The molecule has 3 rings (SSSR count). The van der Waals surface area contributed by atoms with E-state index in [0.29, 0.717) is 43.7 Å². The van der Waals surface area contributed by atoms with Gasteiger partial charge in [-0.3, -0.25) is 9.69 Å². The van der Waals surface area contributed by atoms with Gasteiger partial charge < -0.3 is 18.6 Å². The monoisotopic (exact) mass is 348 g/mol. The van der Waals surface area contributed by atoms with Crippen molar-refractivity contribution in [3.63, 3.8) is 0 Å². The summed E-state index contributed by atoms with van der Waals surface area (Å²) in [5.41, 5.74) is 0.870. The number of carbonyl (C=O) groups is 1. The SMILES string of the molecule is CCO[C@H](C)c1noc(CN2CCN(C(=O)c3occc3C)CC2)n1. The Morgan fingerprint density at radius 2 is 2.12 bits per heavy atom. The summed E-state index contributed by atoms with van der Waals surface area (Å²) in [6.07, 6.45) is 1.38. The predicted octanol–water partition coefficient (Wildman–Crippen LogP) is 2.03. The highest BCUT2D eigenvalue weighted by Gasteiger charge is 2.26. The van der Waals surface area contributed by atoms with Crippen LogP contribution in [-0.2, 0) is 11.3 Å². The van der Waals surface area contributed by atoms with Crippen LogP contribution in [0.5, 0.6) is 0 Å². The van der Waals surface area contributed by atoms with Crippen LogP contribution in [0.3, 0.4) is 0 Å². The Bertz CT molecular complexity index is 703. The van der Waals surface area contributed by atoms with Crippen LogP contribution in [0.15, 0.2) is 21.3 Å². The van der Waals surface area contributed by atoms with Gasteiger partial charge in [0.1, 0.15) is 6.10 Å². The highest BCUT2D eigenvalue weighted by atomic mass is 16.5. The first kappa shape index (κ1) is 17.6. The van der Waals surface area contributed by atoms with Crippen LogP contribution in [0.25, 0.3) is 0 Å². The van der Waals surface area contributed by atoms with Crippen molar-refractivity contribution in [2.45, 2.75) is 33.4 Å². The molecule has 2 aromatic rings. The summed E-state index contributed by atoms with van der Waals surface area (Å²) in [4.78, 5) is 20.8. The summed E-state index contributed by atoms with van der Waals surface area (Å²) in [7, 11) is 0. The van der Waals surface area contributed by atoms with Gasteiger partial charge >= 0.3 is 0 Å². The smallest absolute Gasteiger partial charge is 0.289 e. The molecule has 0 aliphatic carbocycles. The second-order valence-corrected chi connectivity index (χ2v) is 6.14. The van der Waals surface area contributed by atoms with E-state index in [0.717, 1.165) is 18.7 Å². The number of furan rings is 1. The Kier molecular flexibility index (Phi) is 5.50. The van der Waals surface area contributed by atoms with E-state index >= 15 is 0 Å². The fraction of sp³-hybridized carbons (Fsp3) is 0.588. The van der Waals surface area contributed by atoms with Crippen molar-refractivity contribution in [1.29, 1.82) is 0 Å². The first-order valence-corrected chi connectivity index (χ1v) is 8.58. The van der Waals surface area contributed by atoms with E-state index in [1.165, 1.54) is 0 Å². The molecule has 0 aromatic carbocycles. The molecule has 1 fully saturated rings. The fourth-order valence-electron chi connectivity index (χ4n) is 2.86. The summed E-state index contributed by atoms with van der Waals surface area (Å²) >= 11 is 0. The van der Waals surface area contributed by atoms with Gasteiger partial charge in [0.25, 0.3) is 5.91 Å². The fourth-order valence-corrected chi connectivity index (χ4v) is 2.86. The Hall–Kier alpha value is -2.19. The largest absolute Gasteiger partial charge is 0.459 e. The van der Waals surface area contributed by atoms with E-state index in [-0.39, 0.29) is 12.0 Å². The maximum atomic E-state index is 12.4. The molecule has 3 heterocycles. The lowest BCUT2D eigenvalue weighted by Crippen LogP contribution is -2.48. The number of aryl methyl sites for hydroxylation is 1. The molecule has 0 spiro atoms. The van der Waals surface area contributed by atoms with E-state index in [1.54, 1.807) is 12.3 Å².